The molecule has 0 bridgehead atoms. The molecule has 0 aliphatic rings. The van der Waals surface area contributed by atoms with E-state index in [-0.39, 0.29) is 0 Å². The summed E-state index contributed by atoms with van der Waals surface area (Å²) >= 11 is 0. The van der Waals surface area contributed by atoms with Crippen molar-refractivity contribution in [3.63, 3.8) is 0 Å². The van der Waals surface area contributed by atoms with Crippen LogP contribution in [-0.2, 0) is 6.54 Å². The Labute approximate surface area is 95.6 Å². The minimum Gasteiger partial charge on any atom is -0.496 e. The molecule has 0 aliphatic heterocycles. The molecule has 0 fully saturated rings. The Hall–Kier alpha value is -1.48. The van der Waals surface area contributed by atoms with E-state index in [1.54, 1.807) is 7.11 Å². The molecule has 86 valence electrons. The van der Waals surface area contributed by atoms with Crippen LogP contribution in [0.3, 0.4) is 0 Å². The molecule has 3 nitrogen and oxygen atoms in total. The fourth-order valence-corrected chi connectivity index (χ4v) is 1.89. The first-order valence-corrected chi connectivity index (χ1v) is 5.31. The zero-order valence-corrected chi connectivity index (χ0v) is 10.2. The SMILES string of the molecule is COc1cc2c(CN(C)C)coc2cc1C. The number of fused-ring (bicyclic) bond motifs is 1. The average Bonchev–Trinajstić information content (AvgIpc) is 2.59. The molecule has 0 spiro atoms. The van der Waals surface area contributed by atoms with E-state index in [1.165, 1.54) is 5.56 Å². The van der Waals surface area contributed by atoms with E-state index < -0.39 is 0 Å². The van der Waals surface area contributed by atoms with Crippen molar-refractivity contribution in [3.8, 4) is 5.75 Å². The van der Waals surface area contributed by atoms with Gasteiger partial charge < -0.3 is 14.1 Å². The highest BCUT2D eigenvalue weighted by molar-refractivity contribution is 5.83. The van der Waals surface area contributed by atoms with E-state index >= 15 is 0 Å². The largest absolute Gasteiger partial charge is 0.496 e. The summed E-state index contributed by atoms with van der Waals surface area (Å²) in [6.45, 7) is 2.89. The van der Waals surface area contributed by atoms with E-state index in [4.69, 9.17) is 9.15 Å². The van der Waals surface area contributed by atoms with Gasteiger partial charge >= 0.3 is 0 Å². The lowest BCUT2D eigenvalue weighted by Crippen LogP contribution is -2.10. The van der Waals surface area contributed by atoms with Gasteiger partial charge in [-0.1, -0.05) is 0 Å². The molecule has 0 unspecified atom stereocenters. The fraction of sp³-hybridized carbons (Fsp3) is 0.385. The lowest BCUT2D eigenvalue weighted by atomic mass is 10.1. The molecule has 2 aromatic rings. The summed E-state index contributed by atoms with van der Waals surface area (Å²) in [5, 5.41) is 1.14. The lowest BCUT2D eigenvalue weighted by molar-refractivity contribution is 0.401. The van der Waals surface area contributed by atoms with Gasteiger partial charge in [0.15, 0.2) is 0 Å². The predicted molar refractivity (Wildman–Crippen MR) is 64.9 cm³/mol. The molecule has 0 radical (unpaired) electrons. The molecule has 0 saturated heterocycles. The number of hydrogen-bond donors (Lipinski definition) is 0. The quantitative estimate of drug-likeness (QED) is 0.793. The molecule has 1 aromatic heterocycles. The summed E-state index contributed by atoms with van der Waals surface area (Å²) < 4.78 is 10.9. The zero-order chi connectivity index (χ0) is 11.7. The number of furan rings is 1. The predicted octanol–water partition coefficient (Wildman–Crippen LogP) is 2.81. The topological polar surface area (TPSA) is 25.6 Å². The number of ether oxygens (including phenoxy) is 1. The summed E-state index contributed by atoms with van der Waals surface area (Å²) in [4.78, 5) is 2.12. The van der Waals surface area contributed by atoms with Crippen LogP contribution in [0.2, 0.25) is 0 Å². The van der Waals surface area contributed by atoms with Gasteiger partial charge in [-0.15, -0.1) is 0 Å². The maximum absolute atomic E-state index is 5.55. The standard InChI is InChI=1S/C13H17NO2/c1-9-5-13-11(6-12(9)15-4)10(8-16-13)7-14(2)3/h5-6,8H,7H2,1-4H3. The van der Waals surface area contributed by atoms with E-state index in [2.05, 4.69) is 4.90 Å². The first kappa shape index (κ1) is 11.0. The van der Waals surface area contributed by atoms with Crippen molar-refractivity contribution in [3.05, 3.63) is 29.5 Å². The monoisotopic (exact) mass is 219 g/mol. The molecular formula is C13H17NO2. The fourth-order valence-electron chi connectivity index (χ4n) is 1.89. The van der Waals surface area contributed by atoms with E-state index in [0.29, 0.717) is 0 Å². The number of hydrogen-bond acceptors (Lipinski definition) is 3. The third-order valence-electron chi connectivity index (χ3n) is 2.66. The number of rotatable bonds is 3. The second-order valence-corrected chi connectivity index (χ2v) is 4.32. The van der Waals surface area contributed by atoms with Crippen molar-refractivity contribution < 1.29 is 9.15 Å². The van der Waals surface area contributed by atoms with Gasteiger partial charge in [0.2, 0.25) is 0 Å². The molecule has 0 N–H and O–H groups in total. The Kier molecular flexibility index (Phi) is 2.88. The van der Waals surface area contributed by atoms with E-state index in [0.717, 1.165) is 28.8 Å². The van der Waals surface area contributed by atoms with Crippen LogP contribution >= 0.6 is 0 Å². The summed E-state index contributed by atoms with van der Waals surface area (Å²) in [7, 11) is 5.79. The van der Waals surface area contributed by atoms with Gasteiger partial charge in [-0.25, -0.2) is 0 Å². The number of methoxy groups -OCH3 is 1. The van der Waals surface area contributed by atoms with Crippen LogP contribution < -0.4 is 4.74 Å². The number of nitrogens with zero attached hydrogens (tertiary/aromatic N) is 1. The van der Waals surface area contributed by atoms with Crippen molar-refractivity contribution in [1.82, 2.24) is 4.90 Å². The average molecular weight is 219 g/mol. The van der Waals surface area contributed by atoms with Crippen LogP contribution in [-0.4, -0.2) is 26.1 Å². The third kappa shape index (κ3) is 1.91. The lowest BCUT2D eigenvalue weighted by Gasteiger charge is -2.08. The van der Waals surface area contributed by atoms with Crippen molar-refractivity contribution in [2.75, 3.05) is 21.2 Å². The van der Waals surface area contributed by atoms with Crippen LogP contribution in [0.15, 0.2) is 22.8 Å². The molecule has 0 atom stereocenters. The maximum Gasteiger partial charge on any atom is 0.134 e. The Balaban J connectivity index is 2.53. The van der Waals surface area contributed by atoms with Gasteiger partial charge in [-0.05, 0) is 38.7 Å². The molecule has 16 heavy (non-hydrogen) atoms. The van der Waals surface area contributed by atoms with E-state index in [1.807, 2.05) is 39.4 Å². The Morgan fingerprint density at radius 1 is 1.31 bits per heavy atom. The zero-order valence-electron chi connectivity index (χ0n) is 10.2. The van der Waals surface area contributed by atoms with Crippen molar-refractivity contribution in [2.45, 2.75) is 13.5 Å². The molecule has 2 rings (SSSR count). The molecule has 0 saturated carbocycles. The smallest absolute Gasteiger partial charge is 0.134 e. The van der Waals surface area contributed by atoms with Gasteiger partial charge in [-0.3, -0.25) is 0 Å². The van der Waals surface area contributed by atoms with Crippen molar-refractivity contribution in [2.24, 2.45) is 0 Å². The van der Waals surface area contributed by atoms with Gasteiger partial charge in [0.1, 0.15) is 11.3 Å². The van der Waals surface area contributed by atoms with Gasteiger partial charge in [-0.2, -0.15) is 0 Å². The highest BCUT2D eigenvalue weighted by Gasteiger charge is 2.10. The Morgan fingerprint density at radius 2 is 2.06 bits per heavy atom. The van der Waals surface area contributed by atoms with Crippen LogP contribution in [0.1, 0.15) is 11.1 Å². The van der Waals surface area contributed by atoms with Crippen molar-refractivity contribution >= 4 is 11.0 Å². The highest BCUT2D eigenvalue weighted by Crippen LogP contribution is 2.29. The first-order valence-electron chi connectivity index (χ1n) is 5.31. The van der Waals surface area contributed by atoms with Gasteiger partial charge in [0.05, 0.1) is 13.4 Å². The minimum absolute atomic E-state index is 0.874. The number of benzene rings is 1. The minimum atomic E-state index is 0.874. The van der Waals surface area contributed by atoms with Gasteiger partial charge in [0, 0.05) is 17.5 Å². The van der Waals surface area contributed by atoms with Crippen molar-refractivity contribution in [1.29, 1.82) is 0 Å². The number of aryl methyl sites for hydroxylation is 1. The maximum atomic E-state index is 5.55. The summed E-state index contributed by atoms with van der Waals surface area (Å²) in [5.41, 5.74) is 3.22. The van der Waals surface area contributed by atoms with Crippen LogP contribution in [0.25, 0.3) is 11.0 Å². The highest BCUT2D eigenvalue weighted by atomic mass is 16.5. The molecule has 0 amide bonds. The molecule has 1 heterocycles. The van der Waals surface area contributed by atoms with Crippen LogP contribution in [0.4, 0.5) is 0 Å². The summed E-state index contributed by atoms with van der Waals surface area (Å²) in [6.07, 6.45) is 1.82. The normalized spacial score (nSPS) is 11.3. The summed E-state index contributed by atoms with van der Waals surface area (Å²) in [6, 6.07) is 4.07. The van der Waals surface area contributed by atoms with Gasteiger partial charge in [0.25, 0.3) is 0 Å². The molecular weight excluding hydrogens is 202 g/mol. The Morgan fingerprint density at radius 3 is 2.69 bits per heavy atom. The Bertz CT molecular complexity index is 500. The first-order chi connectivity index (χ1) is 7.61. The molecule has 0 aliphatic carbocycles. The molecule has 3 heteroatoms. The van der Waals surface area contributed by atoms with Crippen LogP contribution in [0, 0.1) is 6.92 Å². The second kappa shape index (κ2) is 4.18. The molecule has 1 aromatic carbocycles. The third-order valence-corrected chi connectivity index (χ3v) is 2.66. The summed E-state index contributed by atoms with van der Waals surface area (Å²) in [5.74, 6) is 0.911. The van der Waals surface area contributed by atoms with E-state index in [9.17, 15) is 0 Å². The second-order valence-electron chi connectivity index (χ2n) is 4.32. The van der Waals surface area contributed by atoms with Crippen LogP contribution in [0.5, 0.6) is 5.75 Å².